The van der Waals surface area contributed by atoms with Crippen LogP contribution in [0.25, 0.3) is 0 Å². The number of hydrogen-bond donors (Lipinski definition) is 2. The number of ether oxygens (including phenoxy) is 1. The highest BCUT2D eigenvalue weighted by Gasteiger charge is 2.22. The van der Waals surface area contributed by atoms with Crippen molar-refractivity contribution in [2.45, 2.75) is 39.3 Å². The summed E-state index contributed by atoms with van der Waals surface area (Å²) in [5, 5.41) is 3.35. The number of sulfonamides is 1. The zero-order valence-electron chi connectivity index (χ0n) is 13.4. The van der Waals surface area contributed by atoms with Crippen LogP contribution in [0.15, 0.2) is 24.3 Å². The second-order valence-corrected chi connectivity index (χ2v) is 7.61. The molecule has 0 amide bonds. The molecular formula is C15H26N2O3S. The summed E-state index contributed by atoms with van der Waals surface area (Å²) in [5.74, 6) is 0.854. The molecule has 0 aliphatic rings. The molecule has 6 heteroatoms. The third-order valence-corrected chi connectivity index (χ3v) is 3.93. The number of rotatable bonds is 8. The Bertz CT molecular complexity index is 539. The van der Waals surface area contributed by atoms with E-state index in [-0.39, 0.29) is 6.04 Å². The van der Waals surface area contributed by atoms with Gasteiger partial charge in [-0.15, -0.1) is 0 Å². The molecule has 1 aromatic carbocycles. The molecule has 5 nitrogen and oxygen atoms in total. The van der Waals surface area contributed by atoms with Crippen LogP contribution in [0.4, 0.5) is 0 Å². The first-order valence-electron chi connectivity index (χ1n) is 7.08. The maximum absolute atomic E-state index is 11.3. The van der Waals surface area contributed by atoms with Gasteiger partial charge in [0.2, 0.25) is 10.0 Å². The molecule has 1 atom stereocenters. The fourth-order valence-electron chi connectivity index (χ4n) is 2.08. The molecule has 1 aromatic rings. The normalized spacial score (nSPS) is 14.0. The Morgan fingerprint density at radius 2 is 1.81 bits per heavy atom. The summed E-state index contributed by atoms with van der Waals surface area (Å²) in [6.07, 6.45) is 1.17. The Kier molecular flexibility index (Phi) is 6.19. The molecule has 0 fully saturated rings. The molecule has 0 aliphatic heterocycles. The molecule has 0 saturated carbocycles. The summed E-state index contributed by atoms with van der Waals surface area (Å²) < 4.78 is 30.6. The van der Waals surface area contributed by atoms with Gasteiger partial charge in [0.1, 0.15) is 5.75 Å². The van der Waals surface area contributed by atoms with Gasteiger partial charge in [0.25, 0.3) is 0 Å². The summed E-state index contributed by atoms with van der Waals surface area (Å²) in [5.41, 5.74) is 0.598. The molecule has 1 unspecified atom stereocenters. The van der Waals surface area contributed by atoms with Crippen molar-refractivity contribution < 1.29 is 13.2 Å². The van der Waals surface area contributed by atoms with Crippen LogP contribution in [0, 0.1) is 0 Å². The molecular weight excluding hydrogens is 288 g/mol. The van der Waals surface area contributed by atoms with E-state index in [1.165, 1.54) is 6.26 Å². The van der Waals surface area contributed by atoms with Crippen molar-refractivity contribution in [2.75, 3.05) is 19.4 Å². The van der Waals surface area contributed by atoms with Crippen molar-refractivity contribution in [1.82, 2.24) is 10.0 Å². The van der Waals surface area contributed by atoms with Crippen LogP contribution in [-0.4, -0.2) is 33.4 Å². The topological polar surface area (TPSA) is 67.4 Å². The second kappa shape index (κ2) is 7.24. The minimum Gasteiger partial charge on any atom is -0.494 e. The highest BCUT2D eigenvalue weighted by atomic mass is 32.2. The van der Waals surface area contributed by atoms with Gasteiger partial charge < -0.3 is 10.1 Å². The highest BCUT2D eigenvalue weighted by molar-refractivity contribution is 7.88. The van der Waals surface area contributed by atoms with Gasteiger partial charge >= 0.3 is 0 Å². The van der Waals surface area contributed by atoms with Crippen molar-refractivity contribution in [2.24, 2.45) is 0 Å². The third kappa shape index (κ3) is 6.93. The predicted octanol–water partition coefficient (Wildman–Crippen LogP) is 2.06. The van der Waals surface area contributed by atoms with Crippen LogP contribution in [0.5, 0.6) is 5.75 Å². The zero-order chi connectivity index (χ0) is 16.1. The van der Waals surface area contributed by atoms with E-state index in [4.69, 9.17) is 4.74 Å². The molecule has 0 aliphatic carbocycles. The van der Waals surface area contributed by atoms with E-state index in [0.29, 0.717) is 13.2 Å². The van der Waals surface area contributed by atoms with E-state index >= 15 is 0 Å². The first-order valence-corrected chi connectivity index (χ1v) is 8.97. The fraction of sp³-hybridized carbons (Fsp3) is 0.600. The van der Waals surface area contributed by atoms with E-state index in [2.05, 4.69) is 10.0 Å². The molecule has 120 valence electrons. The standard InChI is InChI=1S/C15H26N2O3S/c1-6-20-14-9-7-13(8-10-14)12(2)16-11-15(3,4)17-21(5,18)19/h7-10,12,16-17H,6,11H2,1-5H3. The quantitative estimate of drug-likeness (QED) is 0.771. The molecule has 0 bridgehead atoms. The smallest absolute Gasteiger partial charge is 0.209 e. The average molecular weight is 314 g/mol. The van der Waals surface area contributed by atoms with Crippen molar-refractivity contribution in [1.29, 1.82) is 0 Å². The van der Waals surface area contributed by atoms with Gasteiger partial charge in [-0.25, -0.2) is 13.1 Å². The van der Waals surface area contributed by atoms with Crippen molar-refractivity contribution in [3.05, 3.63) is 29.8 Å². The summed E-state index contributed by atoms with van der Waals surface area (Å²) in [6, 6.07) is 8.04. The summed E-state index contributed by atoms with van der Waals surface area (Å²) in [6.45, 7) is 8.89. The Hall–Kier alpha value is -1.11. The van der Waals surface area contributed by atoms with Crippen LogP contribution >= 0.6 is 0 Å². The summed E-state index contributed by atoms with van der Waals surface area (Å²) >= 11 is 0. The third-order valence-electron chi connectivity index (χ3n) is 3.00. The Balaban J connectivity index is 2.58. The van der Waals surface area contributed by atoms with Gasteiger partial charge in [0.15, 0.2) is 0 Å². The van der Waals surface area contributed by atoms with E-state index in [0.717, 1.165) is 11.3 Å². The Morgan fingerprint density at radius 3 is 2.29 bits per heavy atom. The fourth-order valence-corrected chi connectivity index (χ4v) is 3.16. The van der Waals surface area contributed by atoms with Crippen molar-refractivity contribution in [3.8, 4) is 5.75 Å². The highest BCUT2D eigenvalue weighted by Crippen LogP contribution is 2.18. The molecule has 0 heterocycles. The predicted molar refractivity (Wildman–Crippen MR) is 86.1 cm³/mol. The van der Waals surface area contributed by atoms with Gasteiger partial charge in [-0.05, 0) is 45.4 Å². The lowest BCUT2D eigenvalue weighted by atomic mass is 10.0. The summed E-state index contributed by atoms with van der Waals surface area (Å²) in [7, 11) is -3.21. The van der Waals surface area contributed by atoms with Crippen LogP contribution < -0.4 is 14.8 Å². The van der Waals surface area contributed by atoms with Gasteiger partial charge in [0.05, 0.1) is 12.9 Å². The average Bonchev–Trinajstić information content (AvgIpc) is 2.34. The molecule has 0 saturated heterocycles. The van der Waals surface area contributed by atoms with Gasteiger partial charge in [0, 0.05) is 18.1 Å². The van der Waals surface area contributed by atoms with Crippen LogP contribution in [0.2, 0.25) is 0 Å². The molecule has 21 heavy (non-hydrogen) atoms. The monoisotopic (exact) mass is 314 g/mol. The van der Waals surface area contributed by atoms with Crippen molar-refractivity contribution >= 4 is 10.0 Å². The molecule has 0 radical (unpaired) electrons. The number of benzene rings is 1. The van der Waals surface area contributed by atoms with E-state index in [1.54, 1.807) is 0 Å². The van der Waals surface area contributed by atoms with Crippen LogP contribution in [0.1, 0.15) is 39.3 Å². The van der Waals surface area contributed by atoms with E-state index in [9.17, 15) is 8.42 Å². The first-order chi connectivity index (χ1) is 9.63. The number of nitrogens with one attached hydrogen (secondary N) is 2. The lowest BCUT2D eigenvalue weighted by Gasteiger charge is -2.27. The largest absolute Gasteiger partial charge is 0.494 e. The Labute approximate surface area is 128 Å². The number of hydrogen-bond acceptors (Lipinski definition) is 4. The van der Waals surface area contributed by atoms with Gasteiger partial charge in [-0.2, -0.15) is 0 Å². The van der Waals surface area contributed by atoms with E-state index < -0.39 is 15.6 Å². The minimum absolute atomic E-state index is 0.126. The lowest BCUT2D eigenvalue weighted by molar-refractivity contribution is 0.340. The van der Waals surface area contributed by atoms with Crippen LogP contribution in [-0.2, 0) is 10.0 Å². The summed E-state index contributed by atoms with van der Waals surface area (Å²) in [4.78, 5) is 0. The Morgan fingerprint density at radius 1 is 1.24 bits per heavy atom. The van der Waals surface area contributed by atoms with Gasteiger partial charge in [-0.3, -0.25) is 0 Å². The minimum atomic E-state index is -3.21. The van der Waals surface area contributed by atoms with E-state index in [1.807, 2.05) is 52.0 Å². The SMILES string of the molecule is CCOc1ccc(C(C)NCC(C)(C)NS(C)(=O)=O)cc1. The molecule has 0 spiro atoms. The molecule has 1 rings (SSSR count). The van der Waals surface area contributed by atoms with Crippen LogP contribution in [0.3, 0.4) is 0 Å². The van der Waals surface area contributed by atoms with Gasteiger partial charge in [-0.1, -0.05) is 12.1 Å². The second-order valence-electron chi connectivity index (χ2n) is 5.86. The lowest BCUT2D eigenvalue weighted by Crippen LogP contribution is -2.50. The maximum Gasteiger partial charge on any atom is 0.209 e. The molecule has 0 aromatic heterocycles. The molecule has 2 N–H and O–H groups in total. The maximum atomic E-state index is 11.3. The van der Waals surface area contributed by atoms with Crippen molar-refractivity contribution in [3.63, 3.8) is 0 Å². The zero-order valence-corrected chi connectivity index (χ0v) is 14.3. The first kappa shape index (κ1) is 17.9.